The second-order valence-corrected chi connectivity index (χ2v) is 7.35. The Morgan fingerprint density at radius 1 is 1.24 bits per heavy atom. The second-order valence-electron chi connectivity index (χ2n) is 6.39. The fourth-order valence-corrected chi connectivity index (χ4v) is 4.67. The summed E-state index contributed by atoms with van der Waals surface area (Å²) in [4.78, 5) is 4.82. The van der Waals surface area contributed by atoms with E-state index >= 15 is 0 Å². The SMILES string of the molecule is CC1CC(NC2=NCC3(CCCCC3)CS2)C1. The molecule has 0 unspecified atom stereocenters. The van der Waals surface area contributed by atoms with Crippen LogP contribution >= 0.6 is 11.8 Å². The lowest BCUT2D eigenvalue weighted by molar-refractivity contribution is 0.231. The smallest absolute Gasteiger partial charge is 0.156 e. The highest BCUT2D eigenvalue weighted by molar-refractivity contribution is 8.13. The average Bonchev–Trinajstić information content (AvgIpc) is 2.31. The van der Waals surface area contributed by atoms with Crippen LogP contribution in [-0.2, 0) is 0 Å². The minimum atomic E-state index is 0.570. The fraction of sp³-hybridized carbons (Fsp3) is 0.929. The molecule has 0 aromatic carbocycles. The van der Waals surface area contributed by atoms with Gasteiger partial charge in [0.25, 0.3) is 0 Å². The van der Waals surface area contributed by atoms with Crippen LogP contribution in [0.3, 0.4) is 0 Å². The quantitative estimate of drug-likeness (QED) is 0.773. The largest absolute Gasteiger partial charge is 0.362 e. The number of hydrogen-bond donors (Lipinski definition) is 1. The van der Waals surface area contributed by atoms with Crippen LogP contribution in [-0.4, -0.2) is 23.5 Å². The van der Waals surface area contributed by atoms with E-state index in [0.29, 0.717) is 5.41 Å². The van der Waals surface area contributed by atoms with Crippen LogP contribution in [0, 0.1) is 11.3 Å². The van der Waals surface area contributed by atoms with Crippen LogP contribution in [0.4, 0.5) is 0 Å². The lowest BCUT2D eigenvalue weighted by atomic mass is 9.75. The standard InChI is InChI=1S/C14H24N2S/c1-11-7-12(8-11)16-13-15-9-14(10-17-13)5-3-2-4-6-14/h11-12H,2-10H2,1H3,(H,15,16). The molecule has 2 saturated carbocycles. The molecular weight excluding hydrogens is 228 g/mol. The van der Waals surface area contributed by atoms with Crippen molar-refractivity contribution in [2.45, 2.75) is 57.9 Å². The number of nitrogens with zero attached hydrogens (tertiary/aromatic N) is 1. The fourth-order valence-electron chi connectivity index (χ4n) is 3.44. The Bertz CT molecular complexity index is 301. The molecule has 1 N–H and O–H groups in total. The summed E-state index contributed by atoms with van der Waals surface area (Å²) in [5, 5.41) is 4.86. The third kappa shape index (κ3) is 2.64. The first kappa shape index (κ1) is 11.9. The summed E-state index contributed by atoms with van der Waals surface area (Å²) >= 11 is 1.99. The molecule has 0 saturated heterocycles. The van der Waals surface area contributed by atoms with Crippen molar-refractivity contribution in [3.63, 3.8) is 0 Å². The van der Waals surface area contributed by atoms with E-state index in [1.165, 1.54) is 55.9 Å². The first-order valence-electron chi connectivity index (χ1n) is 7.20. The summed E-state index contributed by atoms with van der Waals surface area (Å²) in [6.07, 6.45) is 9.81. The summed E-state index contributed by atoms with van der Waals surface area (Å²) in [7, 11) is 0. The lowest BCUT2D eigenvalue weighted by Gasteiger charge is -2.40. The first-order chi connectivity index (χ1) is 8.26. The number of nitrogens with one attached hydrogen (secondary N) is 1. The lowest BCUT2D eigenvalue weighted by Crippen LogP contribution is -2.45. The molecule has 2 nitrogen and oxygen atoms in total. The highest BCUT2D eigenvalue weighted by Gasteiger charge is 2.35. The van der Waals surface area contributed by atoms with Gasteiger partial charge in [0.1, 0.15) is 0 Å². The van der Waals surface area contributed by atoms with Crippen LogP contribution in [0.25, 0.3) is 0 Å². The molecule has 3 rings (SSSR count). The van der Waals surface area contributed by atoms with Gasteiger partial charge in [-0.3, -0.25) is 4.99 Å². The molecule has 3 heteroatoms. The van der Waals surface area contributed by atoms with Crippen LogP contribution < -0.4 is 5.32 Å². The molecule has 1 spiro atoms. The van der Waals surface area contributed by atoms with Crippen molar-refractivity contribution in [1.82, 2.24) is 5.32 Å². The third-order valence-corrected chi connectivity index (χ3v) is 5.97. The van der Waals surface area contributed by atoms with Crippen molar-refractivity contribution in [1.29, 1.82) is 0 Å². The highest BCUT2D eigenvalue weighted by Crippen LogP contribution is 2.41. The van der Waals surface area contributed by atoms with Gasteiger partial charge in [-0.1, -0.05) is 37.9 Å². The Morgan fingerprint density at radius 2 is 2.00 bits per heavy atom. The van der Waals surface area contributed by atoms with Crippen LogP contribution in [0.1, 0.15) is 51.9 Å². The molecular formula is C14H24N2S. The Hall–Kier alpha value is -0.180. The Balaban J connectivity index is 1.52. The average molecular weight is 252 g/mol. The zero-order chi connectivity index (χ0) is 11.7. The predicted molar refractivity (Wildman–Crippen MR) is 75.6 cm³/mol. The van der Waals surface area contributed by atoms with Gasteiger partial charge in [-0.2, -0.15) is 0 Å². The summed E-state index contributed by atoms with van der Waals surface area (Å²) in [5.74, 6) is 2.23. The number of thioether (sulfide) groups is 1. The van der Waals surface area contributed by atoms with E-state index in [1.54, 1.807) is 0 Å². The van der Waals surface area contributed by atoms with Gasteiger partial charge < -0.3 is 5.32 Å². The number of amidine groups is 1. The summed E-state index contributed by atoms with van der Waals surface area (Å²) in [6, 6.07) is 0.719. The molecule has 1 heterocycles. The zero-order valence-electron chi connectivity index (χ0n) is 10.9. The van der Waals surface area contributed by atoms with Gasteiger partial charge in [-0.25, -0.2) is 0 Å². The highest BCUT2D eigenvalue weighted by atomic mass is 32.2. The van der Waals surface area contributed by atoms with Gasteiger partial charge in [0.15, 0.2) is 5.17 Å². The second kappa shape index (κ2) is 4.83. The van der Waals surface area contributed by atoms with Crippen molar-refractivity contribution in [3.8, 4) is 0 Å². The first-order valence-corrected chi connectivity index (χ1v) is 8.18. The van der Waals surface area contributed by atoms with E-state index in [0.717, 1.165) is 18.5 Å². The molecule has 0 radical (unpaired) electrons. The van der Waals surface area contributed by atoms with Crippen molar-refractivity contribution in [3.05, 3.63) is 0 Å². The molecule has 0 atom stereocenters. The van der Waals surface area contributed by atoms with E-state index in [4.69, 9.17) is 4.99 Å². The van der Waals surface area contributed by atoms with Gasteiger partial charge in [0.2, 0.25) is 0 Å². The van der Waals surface area contributed by atoms with E-state index in [-0.39, 0.29) is 0 Å². The number of rotatable bonds is 1. The maximum Gasteiger partial charge on any atom is 0.156 e. The molecule has 1 aliphatic heterocycles. The Morgan fingerprint density at radius 3 is 2.59 bits per heavy atom. The van der Waals surface area contributed by atoms with E-state index in [1.807, 2.05) is 11.8 Å². The van der Waals surface area contributed by atoms with Gasteiger partial charge >= 0.3 is 0 Å². The molecule has 0 bridgehead atoms. The van der Waals surface area contributed by atoms with Crippen LogP contribution in [0.15, 0.2) is 4.99 Å². The van der Waals surface area contributed by atoms with Gasteiger partial charge in [-0.15, -0.1) is 0 Å². The summed E-state index contributed by atoms with van der Waals surface area (Å²) in [6.45, 7) is 3.43. The van der Waals surface area contributed by atoms with Crippen molar-refractivity contribution < 1.29 is 0 Å². The molecule has 2 fully saturated rings. The van der Waals surface area contributed by atoms with Crippen LogP contribution in [0.2, 0.25) is 0 Å². The molecule has 96 valence electrons. The van der Waals surface area contributed by atoms with Crippen molar-refractivity contribution in [2.24, 2.45) is 16.3 Å². The minimum absolute atomic E-state index is 0.570. The van der Waals surface area contributed by atoms with Gasteiger partial charge in [-0.05, 0) is 37.0 Å². The number of hydrogen-bond acceptors (Lipinski definition) is 3. The minimum Gasteiger partial charge on any atom is -0.362 e. The van der Waals surface area contributed by atoms with Crippen LogP contribution in [0.5, 0.6) is 0 Å². The third-order valence-electron chi connectivity index (χ3n) is 4.69. The molecule has 3 aliphatic rings. The van der Waals surface area contributed by atoms with E-state index in [2.05, 4.69) is 12.2 Å². The van der Waals surface area contributed by atoms with E-state index in [9.17, 15) is 0 Å². The topological polar surface area (TPSA) is 24.4 Å². The molecule has 0 amide bonds. The molecule has 0 aromatic heterocycles. The predicted octanol–water partition coefficient (Wildman–Crippen LogP) is 3.43. The Labute approximate surface area is 109 Å². The normalized spacial score (nSPS) is 36.2. The van der Waals surface area contributed by atoms with Crippen molar-refractivity contribution in [2.75, 3.05) is 12.3 Å². The maximum absolute atomic E-state index is 4.82. The van der Waals surface area contributed by atoms with Gasteiger partial charge in [0.05, 0.1) is 0 Å². The zero-order valence-corrected chi connectivity index (χ0v) is 11.7. The Kier molecular flexibility index (Phi) is 3.38. The summed E-state index contributed by atoms with van der Waals surface area (Å²) < 4.78 is 0. The number of aliphatic imine (C=N–C) groups is 1. The molecule has 17 heavy (non-hydrogen) atoms. The summed E-state index contributed by atoms with van der Waals surface area (Å²) in [5.41, 5.74) is 0.570. The molecule has 2 aliphatic carbocycles. The molecule has 0 aromatic rings. The maximum atomic E-state index is 4.82. The van der Waals surface area contributed by atoms with E-state index < -0.39 is 0 Å². The monoisotopic (exact) mass is 252 g/mol. The van der Waals surface area contributed by atoms with Crippen molar-refractivity contribution >= 4 is 16.9 Å². The van der Waals surface area contributed by atoms with Gasteiger partial charge in [0, 0.05) is 18.3 Å².